The van der Waals surface area contributed by atoms with Crippen LogP contribution in [0, 0.1) is 5.82 Å². The number of rotatable bonds is 6. The van der Waals surface area contributed by atoms with Crippen molar-refractivity contribution in [2.45, 2.75) is 4.90 Å². The molecular weight excluding hydrogens is 399 g/mol. The smallest absolute Gasteiger partial charge is 0.335 e. The van der Waals surface area contributed by atoms with Gasteiger partial charge in [-0.05, 0) is 66.7 Å². The lowest BCUT2D eigenvalue weighted by Crippen LogP contribution is -2.16. The van der Waals surface area contributed by atoms with Gasteiger partial charge in [-0.25, -0.2) is 17.6 Å². The Kier molecular flexibility index (Phi) is 5.60. The Hall–Kier alpha value is -3.72. The molecule has 1 amide bonds. The topological polar surface area (TPSA) is 113 Å². The lowest BCUT2D eigenvalue weighted by molar-refractivity contribution is 0.0696. The summed E-state index contributed by atoms with van der Waals surface area (Å²) in [4.78, 5) is 23.1. The standard InChI is InChI=1S/C20H15FN2O5S/c21-15-6-10-17(11-7-15)23-29(27,28)18-3-1-2-14(12-18)19(24)22-16-8-4-13(5-9-16)20(25)26/h1-12,23H,(H,22,24)(H,25,26). The summed E-state index contributed by atoms with van der Waals surface area (Å²) in [5, 5.41) is 11.5. The molecule has 3 N–H and O–H groups in total. The van der Waals surface area contributed by atoms with Crippen LogP contribution in [-0.4, -0.2) is 25.4 Å². The molecule has 9 heteroatoms. The van der Waals surface area contributed by atoms with Crippen LogP contribution in [0.1, 0.15) is 20.7 Å². The van der Waals surface area contributed by atoms with E-state index in [1.165, 1.54) is 60.7 Å². The lowest BCUT2D eigenvalue weighted by Gasteiger charge is -2.10. The summed E-state index contributed by atoms with van der Waals surface area (Å²) in [7, 11) is -3.99. The molecule has 0 aliphatic carbocycles. The minimum absolute atomic E-state index is 0.0722. The maximum Gasteiger partial charge on any atom is 0.335 e. The van der Waals surface area contributed by atoms with Gasteiger partial charge in [0.2, 0.25) is 0 Å². The van der Waals surface area contributed by atoms with E-state index in [0.29, 0.717) is 5.69 Å². The first kappa shape index (κ1) is 20.0. The van der Waals surface area contributed by atoms with Crippen LogP contribution in [0.2, 0.25) is 0 Å². The zero-order valence-electron chi connectivity index (χ0n) is 14.8. The molecule has 0 fully saturated rings. The molecule has 0 heterocycles. The van der Waals surface area contributed by atoms with E-state index < -0.39 is 27.7 Å². The highest BCUT2D eigenvalue weighted by atomic mass is 32.2. The van der Waals surface area contributed by atoms with Gasteiger partial charge < -0.3 is 10.4 Å². The Bertz CT molecular complexity index is 1160. The first-order valence-corrected chi connectivity index (χ1v) is 9.76. The number of aromatic carboxylic acids is 1. The monoisotopic (exact) mass is 414 g/mol. The number of halogens is 1. The summed E-state index contributed by atoms with van der Waals surface area (Å²) >= 11 is 0. The van der Waals surface area contributed by atoms with E-state index >= 15 is 0 Å². The highest BCUT2D eigenvalue weighted by Crippen LogP contribution is 2.19. The minimum atomic E-state index is -3.99. The number of nitrogens with one attached hydrogen (secondary N) is 2. The third-order valence-electron chi connectivity index (χ3n) is 3.89. The van der Waals surface area contributed by atoms with Crippen molar-refractivity contribution in [1.29, 1.82) is 0 Å². The molecule has 0 atom stereocenters. The zero-order valence-corrected chi connectivity index (χ0v) is 15.6. The molecule has 0 radical (unpaired) electrons. The summed E-state index contributed by atoms with van der Waals surface area (Å²) in [6, 6.07) is 15.7. The normalized spacial score (nSPS) is 10.9. The predicted molar refractivity (Wildman–Crippen MR) is 105 cm³/mol. The maximum atomic E-state index is 13.0. The largest absolute Gasteiger partial charge is 0.478 e. The van der Waals surface area contributed by atoms with Crippen molar-refractivity contribution >= 4 is 33.3 Å². The van der Waals surface area contributed by atoms with Gasteiger partial charge in [-0.1, -0.05) is 6.07 Å². The molecule has 0 saturated carbocycles. The van der Waals surface area contributed by atoms with Gasteiger partial charge in [0.25, 0.3) is 15.9 Å². The molecule has 7 nitrogen and oxygen atoms in total. The van der Waals surface area contributed by atoms with Gasteiger partial charge in [-0.2, -0.15) is 0 Å². The molecule has 0 saturated heterocycles. The molecule has 29 heavy (non-hydrogen) atoms. The number of hydrogen-bond donors (Lipinski definition) is 3. The zero-order chi connectivity index (χ0) is 21.0. The number of carbonyl (C=O) groups excluding carboxylic acids is 1. The molecule has 0 bridgehead atoms. The minimum Gasteiger partial charge on any atom is -0.478 e. The van der Waals surface area contributed by atoms with Gasteiger partial charge in [-0.15, -0.1) is 0 Å². The number of carboxylic acids is 1. The fourth-order valence-corrected chi connectivity index (χ4v) is 3.54. The SMILES string of the molecule is O=C(O)c1ccc(NC(=O)c2cccc(S(=O)(=O)Nc3ccc(F)cc3)c2)cc1. The molecule has 0 unspecified atom stereocenters. The number of carboxylic acid groups (broad SMARTS) is 1. The number of amides is 1. The van der Waals surface area contributed by atoms with Crippen LogP contribution in [0.15, 0.2) is 77.7 Å². The van der Waals surface area contributed by atoms with Crippen molar-refractivity contribution < 1.29 is 27.5 Å². The average Bonchev–Trinajstić information content (AvgIpc) is 2.70. The Labute approximate surface area is 165 Å². The van der Waals surface area contributed by atoms with Crippen LogP contribution in [-0.2, 0) is 10.0 Å². The van der Waals surface area contributed by atoms with E-state index in [2.05, 4.69) is 10.0 Å². The van der Waals surface area contributed by atoms with Crippen LogP contribution in [0.3, 0.4) is 0 Å². The van der Waals surface area contributed by atoms with Gasteiger partial charge in [0.15, 0.2) is 0 Å². The molecule has 0 aliphatic rings. The molecule has 0 aromatic heterocycles. The lowest BCUT2D eigenvalue weighted by atomic mass is 10.2. The van der Waals surface area contributed by atoms with Crippen LogP contribution in [0.5, 0.6) is 0 Å². The first-order chi connectivity index (χ1) is 13.7. The third-order valence-corrected chi connectivity index (χ3v) is 5.27. The first-order valence-electron chi connectivity index (χ1n) is 8.28. The molecule has 0 spiro atoms. The van der Waals surface area contributed by atoms with Crippen LogP contribution in [0.25, 0.3) is 0 Å². The fraction of sp³-hybridized carbons (Fsp3) is 0. The molecule has 3 aromatic carbocycles. The van der Waals surface area contributed by atoms with Gasteiger partial charge in [0.05, 0.1) is 10.5 Å². The van der Waals surface area contributed by atoms with E-state index in [1.807, 2.05) is 0 Å². The average molecular weight is 414 g/mol. The van der Waals surface area contributed by atoms with E-state index in [0.717, 1.165) is 12.1 Å². The summed E-state index contributed by atoms with van der Waals surface area (Å²) in [5.74, 6) is -2.15. The van der Waals surface area contributed by atoms with Crippen LogP contribution >= 0.6 is 0 Å². The molecule has 0 aliphatic heterocycles. The second-order valence-electron chi connectivity index (χ2n) is 5.98. The number of sulfonamides is 1. The number of benzene rings is 3. The third kappa shape index (κ3) is 4.96. The molecule has 3 aromatic rings. The van der Waals surface area contributed by atoms with Gasteiger partial charge in [0.1, 0.15) is 5.82 Å². The highest BCUT2D eigenvalue weighted by Gasteiger charge is 2.17. The summed E-state index contributed by atoms with van der Waals surface area (Å²) in [5.41, 5.74) is 0.703. The second kappa shape index (κ2) is 8.11. The van der Waals surface area contributed by atoms with E-state index in [4.69, 9.17) is 5.11 Å². The Morgan fingerprint density at radius 1 is 0.828 bits per heavy atom. The van der Waals surface area contributed by atoms with E-state index in [9.17, 15) is 22.4 Å². The predicted octanol–water partition coefficient (Wildman–Crippen LogP) is 3.58. The number of hydrogen-bond acceptors (Lipinski definition) is 4. The van der Waals surface area contributed by atoms with Crippen molar-refractivity contribution in [2.75, 3.05) is 10.0 Å². The van der Waals surface area contributed by atoms with Gasteiger partial charge in [0, 0.05) is 16.9 Å². The Morgan fingerprint density at radius 2 is 1.45 bits per heavy atom. The van der Waals surface area contributed by atoms with Crippen molar-refractivity contribution in [3.8, 4) is 0 Å². The summed E-state index contributed by atoms with van der Waals surface area (Å²) < 4.78 is 40.3. The van der Waals surface area contributed by atoms with Crippen LogP contribution in [0.4, 0.5) is 15.8 Å². The second-order valence-corrected chi connectivity index (χ2v) is 7.66. The molecular formula is C20H15FN2O5S. The number of anilines is 2. The Morgan fingerprint density at radius 3 is 2.07 bits per heavy atom. The summed E-state index contributed by atoms with van der Waals surface area (Å²) in [6.07, 6.45) is 0. The fourth-order valence-electron chi connectivity index (χ4n) is 2.44. The molecule has 3 rings (SSSR count). The van der Waals surface area contributed by atoms with E-state index in [1.54, 1.807) is 0 Å². The molecule has 148 valence electrons. The maximum absolute atomic E-state index is 13.0. The van der Waals surface area contributed by atoms with Gasteiger partial charge in [-0.3, -0.25) is 9.52 Å². The van der Waals surface area contributed by atoms with Gasteiger partial charge >= 0.3 is 5.97 Å². The van der Waals surface area contributed by atoms with Crippen LogP contribution < -0.4 is 10.0 Å². The quantitative estimate of drug-likeness (QED) is 0.571. The van der Waals surface area contributed by atoms with E-state index in [-0.39, 0.29) is 21.7 Å². The Balaban J connectivity index is 1.78. The van der Waals surface area contributed by atoms with Crippen molar-refractivity contribution in [1.82, 2.24) is 0 Å². The van der Waals surface area contributed by atoms with Crippen molar-refractivity contribution in [2.24, 2.45) is 0 Å². The van der Waals surface area contributed by atoms with Crippen molar-refractivity contribution in [3.63, 3.8) is 0 Å². The summed E-state index contributed by atoms with van der Waals surface area (Å²) in [6.45, 7) is 0. The van der Waals surface area contributed by atoms with Crippen molar-refractivity contribution in [3.05, 3.63) is 89.7 Å². The number of carbonyl (C=O) groups is 2. The highest BCUT2D eigenvalue weighted by molar-refractivity contribution is 7.92.